The number of sulfonamides is 1. The monoisotopic (exact) mass is 581 g/mol. The summed E-state index contributed by atoms with van der Waals surface area (Å²) in [6, 6.07) is 8.24. The number of amides is 2. The van der Waals surface area contributed by atoms with Gasteiger partial charge in [0.1, 0.15) is 12.6 Å². The maximum absolute atomic E-state index is 13.5. The number of nitrogens with one attached hydrogen (secondary N) is 1. The zero-order valence-electron chi connectivity index (χ0n) is 19.5. The fourth-order valence-corrected chi connectivity index (χ4v) is 4.66. The highest BCUT2D eigenvalue weighted by atomic mass is 35.5. The van der Waals surface area contributed by atoms with Gasteiger partial charge in [-0.15, -0.1) is 0 Å². The molecule has 0 radical (unpaired) electrons. The topological polar surface area (TPSA) is 86.8 Å². The van der Waals surface area contributed by atoms with Crippen LogP contribution in [-0.2, 0) is 26.2 Å². The van der Waals surface area contributed by atoms with Crippen LogP contribution in [0.25, 0.3) is 0 Å². The molecule has 0 aliphatic carbocycles. The minimum Gasteiger partial charge on any atom is -0.354 e. The maximum atomic E-state index is 13.5. The Morgan fingerprint density at radius 3 is 2.11 bits per heavy atom. The summed E-state index contributed by atoms with van der Waals surface area (Å²) in [4.78, 5) is 27.6. The highest BCUT2D eigenvalue weighted by Gasteiger charge is 2.30. The molecule has 0 aliphatic rings. The lowest BCUT2D eigenvalue weighted by Crippen LogP contribution is -2.51. The van der Waals surface area contributed by atoms with Crippen molar-refractivity contribution < 1.29 is 18.0 Å². The van der Waals surface area contributed by atoms with Crippen LogP contribution in [0.5, 0.6) is 0 Å². The minimum atomic E-state index is -3.88. The largest absolute Gasteiger partial charge is 0.354 e. The molecule has 1 atom stereocenters. The van der Waals surface area contributed by atoms with Crippen LogP contribution in [-0.4, -0.2) is 50.5 Å². The molecule has 0 saturated heterocycles. The fourth-order valence-electron chi connectivity index (χ4n) is 3.21. The number of unbranched alkanes of at least 4 members (excludes halogenated alkanes) is 1. The SMILES string of the molecule is CCCCNC(=O)[C@@H](C)N(Cc1ccc(Cl)c(Cl)c1)C(=O)CN(c1ccc(Cl)c(Cl)c1)S(C)(=O)=O. The summed E-state index contributed by atoms with van der Waals surface area (Å²) in [6.45, 7) is 3.51. The normalized spacial score (nSPS) is 12.2. The van der Waals surface area contributed by atoms with Crippen molar-refractivity contribution in [3.63, 3.8) is 0 Å². The quantitative estimate of drug-likeness (QED) is 0.359. The second kappa shape index (κ2) is 13.0. The number of halogens is 4. The predicted molar refractivity (Wildman–Crippen MR) is 143 cm³/mol. The van der Waals surface area contributed by atoms with Crippen molar-refractivity contribution in [1.29, 1.82) is 0 Å². The van der Waals surface area contributed by atoms with E-state index in [2.05, 4.69) is 5.32 Å². The molecular weight excluding hydrogens is 556 g/mol. The van der Waals surface area contributed by atoms with Crippen LogP contribution in [0, 0.1) is 0 Å². The van der Waals surface area contributed by atoms with E-state index < -0.39 is 28.5 Å². The van der Waals surface area contributed by atoms with Crippen LogP contribution in [0.2, 0.25) is 20.1 Å². The molecule has 192 valence electrons. The number of anilines is 1. The smallest absolute Gasteiger partial charge is 0.244 e. The first kappa shape index (κ1) is 29.5. The van der Waals surface area contributed by atoms with Crippen LogP contribution >= 0.6 is 46.4 Å². The second-order valence-electron chi connectivity index (χ2n) is 7.96. The van der Waals surface area contributed by atoms with Gasteiger partial charge in [0, 0.05) is 13.1 Å². The molecule has 0 aliphatic heterocycles. The number of hydrogen-bond donors (Lipinski definition) is 1. The number of nitrogens with zero attached hydrogens (tertiary/aromatic N) is 2. The molecule has 2 aromatic carbocycles. The van der Waals surface area contributed by atoms with Gasteiger partial charge < -0.3 is 10.2 Å². The first-order valence-electron chi connectivity index (χ1n) is 10.8. The molecule has 0 unspecified atom stereocenters. The van der Waals surface area contributed by atoms with E-state index in [-0.39, 0.29) is 28.2 Å². The van der Waals surface area contributed by atoms with Crippen LogP contribution in [0.4, 0.5) is 5.69 Å². The Hall–Kier alpha value is -1.71. The van der Waals surface area contributed by atoms with Crippen molar-refractivity contribution in [3.05, 3.63) is 62.1 Å². The molecule has 0 heterocycles. The van der Waals surface area contributed by atoms with Gasteiger partial charge in [-0.25, -0.2) is 8.42 Å². The molecule has 12 heteroatoms. The van der Waals surface area contributed by atoms with Crippen LogP contribution in [0.3, 0.4) is 0 Å². The standard InChI is InChI=1S/C23H27Cl4N3O4S/c1-4-5-10-28-23(32)15(2)29(13-16-6-8-18(24)20(26)11-16)22(31)14-30(35(3,33)34)17-7-9-19(25)21(27)12-17/h6-9,11-12,15H,4-5,10,13-14H2,1-3H3,(H,28,32)/t15-/m1/s1. The molecule has 0 saturated carbocycles. The summed E-state index contributed by atoms with van der Waals surface area (Å²) >= 11 is 24.2. The summed E-state index contributed by atoms with van der Waals surface area (Å²) in [6.07, 6.45) is 2.67. The van der Waals surface area contributed by atoms with Gasteiger partial charge in [-0.05, 0) is 49.2 Å². The second-order valence-corrected chi connectivity index (χ2v) is 11.5. The van der Waals surface area contributed by atoms with Gasteiger partial charge in [0.05, 0.1) is 32.0 Å². The third kappa shape index (κ3) is 8.43. The zero-order chi connectivity index (χ0) is 26.3. The number of benzene rings is 2. The van der Waals surface area contributed by atoms with Crippen molar-refractivity contribution in [2.45, 2.75) is 39.3 Å². The van der Waals surface area contributed by atoms with Crippen LogP contribution in [0.1, 0.15) is 32.3 Å². The Labute approximate surface area is 226 Å². The summed E-state index contributed by atoms with van der Waals surface area (Å²) in [5.74, 6) is -0.946. The van der Waals surface area contributed by atoms with Crippen LogP contribution < -0.4 is 9.62 Å². The molecule has 2 rings (SSSR count). The molecule has 1 N–H and O–H groups in total. The summed E-state index contributed by atoms with van der Waals surface area (Å²) in [5, 5.41) is 3.84. The van der Waals surface area contributed by atoms with Gasteiger partial charge in [-0.1, -0.05) is 65.8 Å². The number of rotatable bonds is 11. The Balaban J connectivity index is 2.39. The van der Waals surface area contributed by atoms with Gasteiger partial charge in [-0.2, -0.15) is 0 Å². The van der Waals surface area contributed by atoms with E-state index in [1.54, 1.807) is 25.1 Å². The third-order valence-electron chi connectivity index (χ3n) is 5.20. The van der Waals surface area contributed by atoms with Crippen molar-refractivity contribution in [2.75, 3.05) is 23.7 Å². The molecule has 2 amide bonds. The van der Waals surface area contributed by atoms with E-state index in [1.165, 1.54) is 23.1 Å². The van der Waals surface area contributed by atoms with Crippen molar-refractivity contribution in [2.24, 2.45) is 0 Å². The first-order chi connectivity index (χ1) is 16.3. The lowest BCUT2D eigenvalue weighted by atomic mass is 10.1. The Morgan fingerprint density at radius 1 is 0.971 bits per heavy atom. The Bertz CT molecular complexity index is 1180. The molecular formula is C23H27Cl4N3O4S. The molecule has 35 heavy (non-hydrogen) atoms. The van der Waals surface area contributed by atoms with Gasteiger partial charge in [0.25, 0.3) is 0 Å². The van der Waals surface area contributed by atoms with E-state index in [0.717, 1.165) is 23.4 Å². The predicted octanol–water partition coefficient (Wildman–Crippen LogP) is 5.40. The molecule has 0 bridgehead atoms. The number of carbonyl (C=O) groups excluding carboxylic acids is 2. The van der Waals surface area contributed by atoms with Gasteiger partial charge in [-0.3, -0.25) is 13.9 Å². The molecule has 0 aromatic heterocycles. The molecule has 7 nitrogen and oxygen atoms in total. The summed E-state index contributed by atoms with van der Waals surface area (Å²) < 4.78 is 26.1. The highest BCUT2D eigenvalue weighted by Crippen LogP contribution is 2.29. The van der Waals surface area contributed by atoms with Crippen molar-refractivity contribution in [3.8, 4) is 0 Å². The van der Waals surface area contributed by atoms with E-state index in [9.17, 15) is 18.0 Å². The van der Waals surface area contributed by atoms with E-state index in [1.807, 2.05) is 6.92 Å². The first-order valence-corrected chi connectivity index (χ1v) is 14.1. The average molecular weight is 583 g/mol. The van der Waals surface area contributed by atoms with E-state index in [4.69, 9.17) is 46.4 Å². The third-order valence-corrected chi connectivity index (χ3v) is 7.82. The van der Waals surface area contributed by atoms with Gasteiger partial charge in [0.15, 0.2) is 0 Å². The summed E-state index contributed by atoms with van der Waals surface area (Å²) in [7, 11) is -3.88. The number of hydrogen-bond acceptors (Lipinski definition) is 4. The molecule has 2 aromatic rings. The maximum Gasteiger partial charge on any atom is 0.244 e. The van der Waals surface area contributed by atoms with Gasteiger partial charge in [0.2, 0.25) is 21.8 Å². The molecule has 0 spiro atoms. The van der Waals surface area contributed by atoms with Crippen LogP contribution in [0.15, 0.2) is 36.4 Å². The van der Waals surface area contributed by atoms with Gasteiger partial charge >= 0.3 is 0 Å². The Morgan fingerprint density at radius 2 is 1.57 bits per heavy atom. The van der Waals surface area contributed by atoms with Crippen molar-refractivity contribution in [1.82, 2.24) is 10.2 Å². The molecule has 0 fully saturated rings. The lowest BCUT2D eigenvalue weighted by Gasteiger charge is -2.31. The number of carbonyl (C=O) groups is 2. The van der Waals surface area contributed by atoms with E-state index in [0.29, 0.717) is 22.2 Å². The highest BCUT2D eigenvalue weighted by molar-refractivity contribution is 7.92. The van der Waals surface area contributed by atoms with Crippen molar-refractivity contribution >= 4 is 73.9 Å². The lowest BCUT2D eigenvalue weighted by molar-refractivity contribution is -0.139. The average Bonchev–Trinajstić information content (AvgIpc) is 2.78. The minimum absolute atomic E-state index is 0.0110. The van der Waals surface area contributed by atoms with E-state index >= 15 is 0 Å². The fraction of sp³-hybridized carbons (Fsp3) is 0.391. The summed E-state index contributed by atoms with van der Waals surface area (Å²) in [5.41, 5.74) is 0.797. The zero-order valence-corrected chi connectivity index (χ0v) is 23.4. The Kier molecular flexibility index (Phi) is 11.0.